The average Bonchev–Trinajstić information content (AvgIpc) is 2.15. The van der Waals surface area contributed by atoms with Crippen LogP contribution in [0.1, 0.15) is 32.0 Å². The molecule has 1 heterocycles. The summed E-state index contributed by atoms with van der Waals surface area (Å²) in [5.74, 6) is 0.698. The zero-order chi connectivity index (χ0) is 10.8. The van der Waals surface area contributed by atoms with Crippen LogP contribution in [0.15, 0.2) is 12.3 Å². The van der Waals surface area contributed by atoms with E-state index in [1.807, 2.05) is 6.92 Å². The van der Waals surface area contributed by atoms with Crippen LogP contribution in [0.5, 0.6) is 5.75 Å². The summed E-state index contributed by atoms with van der Waals surface area (Å²) in [6, 6.07) is 1.77. The first-order chi connectivity index (χ1) is 6.50. The quantitative estimate of drug-likeness (QED) is 0.800. The zero-order valence-corrected chi connectivity index (χ0v) is 9.16. The Morgan fingerprint density at radius 3 is 2.57 bits per heavy atom. The maximum Gasteiger partial charge on any atom is 0.128 e. The third-order valence-electron chi connectivity index (χ3n) is 2.16. The van der Waals surface area contributed by atoms with Crippen LogP contribution in [0.4, 0.5) is 0 Å². The molecule has 1 aromatic rings. The van der Waals surface area contributed by atoms with E-state index in [1.54, 1.807) is 33.2 Å². The molecule has 3 heteroatoms. The largest absolute Gasteiger partial charge is 0.496 e. The molecule has 1 rings (SSSR count). The molecular weight excluding hydrogens is 178 g/mol. The molecule has 0 spiro atoms. The molecule has 0 fully saturated rings. The highest BCUT2D eigenvalue weighted by Gasteiger charge is 2.24. The molecule has 14 heavy (non-hydrogen) atoms. The van der Waals surface area contributed by atoms with Gasteiger partial charge in [0.1, 0.15) is 5.75 Å². The number of hydrogen-bond acceptors (Lipinski definition) is 3. The van der Waals surface area contributed by atoms with Crippen molar-refractivity contribution in [3.05, 3.63) is 23.5 Å². The number of rotatable bonds is 3. The normalized spacial score (nSPS) is 11.5. The molecule has 0 bridgehead atoms. The van der Waals surface area contributed by atoms with Gasteiger partial charge in [-0.2, -0.15) is 0 Å². The fourth-order valence-electron chi connectivity index (χ4n) is 1.58. The lowest BCUT2D eigenvalue weighted by atomic mass is 9.94. The van der Waals surface area contributed by atoms with Gasteiger partial charge in [-0.05, 0) is 26.3 Å². The number of nitrogens with zero attached hydrogens (tertiary/aromatic N) is 1. The fraction of sp³-hybridized carbons (Fsp3) is 0.545. The summed E-state index contributed by atoms with van der Waals surface area (Å²) in [6.07, 6.45) is 2.49. The van der Waals surface area contributed by atoms with Gasteiger partial charge in [-0.1, -0.05) is 6.92 Å². The lowest BCUT2D eigenvalue weighted by molar-refractivity contribution is 0.0741. The van der Waals surface area contributed by atoms with E-state index in [2.05, 4.69) is 4.98 Å². The van der Waals surface area contributed by atoms with Gasteiger partial charge in [0.05, 0.1) is 12.7 Å². The smallest absolute Gasteiger partial charge is 0.128 e. The van der Waals surface area contributed by atoms with E-state index >= 15 is 0 Å². The molecule has 0 saturated heterocycles. The van der Waals surface area contributed by atoms with E-state index in [4.69, 9.17) is 4.74 Å². The van der Waals surface area contributed by atoms with E-state index in [0.29, 0.717) is 5.75 Å². The van der Waals surface area contributed by atoms with Gasteiger partial charge < -0.3 is 9.84 Å². The van der Waals surface area contributed by atoms with Gasteiger partial charge in [-0.25, -0.2) is 0 Å². The molecule has 0 unspecified atom stereocenters. The second-order valence-corrected chi connectivity index (χ2v) is 3.75. The first-order valence-corrected chi connectivity index (χ1v) is 4.75. The van der Waals surface area contributed by atoms with E-state index in [1.165, 1.54) is 0 Å². The topological polar surface area (TPSA) is 42.4 Å². The van der Waals surface area contributed by atoms with E-state index in [9.17, 15) is 5.11 Å². The SMILES string of the molecule is CCc1nccc(OC)c1C(C)(C)O. The molecule has 1 aromatic heterocycles. The van der Waals surface area contributed by atoms with Crippen molar-refractivity contribution in [3.63, 3.8) is 0 Å². The van der Waals surface area contributed by atoms with Crippen molar-refractivity contribution in [1.82, 2.24) is 4.98 Å². The van der Waals surface area contributed by atoms with Crippen molar-refractivity contribution in [2.24, 2.45) is 0 Å². The molecule has 0 atom stereocenters. The number of aromatic nitrogens is 1. The Kier molecular flexibility index (Phi) is 3.11. The molecule has 0 aliphatic heterocycles. The first kappa shape index (κ1) is 11.0. The van der Waals surface area contributed by atoms with Crippen molar-refractivity contribution < 1.29 is 9.84 Å². The Morgan fingerprint density at radius 1 is 1.50 bits per heavy atom. The van der Waals surface area contributed by atoms with Crippen molar-refractivity contribution in [3.8, 4) is 5.75 Å². The first-order valence-electron chi connectivity index (χ1n) is 4.75. The Balaban J connectivity index is 3.34. The number of pyridine rings is 1. The highest BCUT2D eigenvalue weighted by molar-refractivity contribution is 5.39. The minimum absolute atomic E-state index is 0.698. The summed E-state index contributed by atoms with van der Waals surface area (Å²) in [7, 11) is 1.60. The summed E-state index contributed by atoms with van der Waals surface area (Å²) in [4.78, 5) is 4.23. The summed E-state index contributed by atoms with van der Waals surface area (Å²) in [5, 5.41) is 9.99. The molecule has 0 radical (unpaired) electrons. The maximum absolute atomic E-state index is 9.99. The molecule has 1 N–H and O–H groups in total. The van der Waals surface area contributed by atoms with Crippen LogP contribution in [0.25, 0.3) is 0 Å². The second-order valence-electron chi connectivity index (χ2n) is 3.75. The van der Waals surface area contributed by atoms with Gasteiger partial charge in [0.2, 0.25) is 0 Å². The predicted molar refractivity (Wildman–Crippen MR) is 55.4 cm³/mol. The molecule has 3 nitrogen and oxygen atoms in total. The summed E-state index contributed by atoms with van der Waals surface area (Å²) in [6.45, 7) is 5.49. The summed E-state index contributed by atoms with van der Waals surface area (Å²) in [5.41, 5.74) is 0.757. The molecule has 0 saturated carbocycles. The standard InChI is InChI=1S/C11H17NO2/c1-5-8-10(11(2,3)13)9(14-4)6-7-12-8/h6-7,13H,5H2,1-4H3. The van der Waals surface area contributed by atoms with Crippen LogP contribution in [0, 0.1) is 0 Å². The molecule has 0 amide bonds. The van der Waals surface area contributed by atoms with Gasteiger partial charge in [0, 0.05) is 17.5 Å². The minimum Gasteiger partial charge on any atom is -0.496 e. The monoisotopic (exact) mass is 195 g/mol. The third kappa shape index (κ3) is 2.04. The molecule has 0 aliphatic carbocycles. The highest BCUT2D eigenvalue weighted by Crippen LogP contribution is 2.31. The third-order valence-corrected chi connectivity index (χ3v) is 2.16. The van der Waals surface area contributed by atoms with Gasteiger partial charge >= 0.3 is 0 Å². The van der Waals surface area contributed by atoms with Crippen LogP contribution in [-0.4, -0.2) is 17.2 Å². The number of hydrogen-bond donors (Lipinski definition) is 1. The fourth-order valence-corrected chi connectivity index (χ4v) is 1.58. The molecule has 78 valence electrons. The Hall–Kier alpha value is -1.09. The van der Waals surface area contributed by atoms with E-state index in [-0.39, 0.29) is 0 Å². The van der Waals surface area contributed by atoms with E-state index in [0.717, 1.165) is 17.7 Å². The molecular formula is C11H17NO2. The lowest BCUT2D eigenvalue weighted by Crippen LogP contribution is -2.20. The number of aliphatic hydroxyl groups is 1. The van der Waals surface area contributed by atoms with Crippen LogP contribution < -0.4 is 4.74 Å². The van der Waals surface area contributed by atoms with Crippen LogP contribution >= 0.6 is 0 Å². The van der Waals surface area contributed by atoms with Crippen molar-refractivity contribution in [2.75, 3.05) is 7.11 Å². The van der Waals surface area contributed by atoms with Crippen molar-refractivity contribution >= 4 is 0 Å². The Morgan fingerprint density at radius 2 is 2.14 bits per heavy atom. The van der Waals surface area contributed by atoms with Crippen molar-refractivity contribution in [2.45, 2.75) is 32.8 Å². The number of ether oxygens (including phenoxy) is 1. The number of aryl methyl sites for hydroxylation is 1. The van der Waals surface area contributed by atoms with Crippen LogP contribution in [0.2, 0.25) is 0 Å². The zero-order valence-electron chi connectivity index (χ0n) is 9.16. The summed E-state index contributed by atoms with van der Waals surface area (Å²) < 4.78 is 5.21. The Bertz CT molecular complexity index is 293. The lowest BCUT2D eigenvalue weighted by Gasteiger charge is -2.23. The van der Waals surface area contributed by atoms with Crippen molar-refractivity contribution in [1.29, 1.82) is 0 Å². The van der Waals surface area contributed by atoms with Crippen LogP contribution in [0.3, 0.4) is 0 Å². The van der Waals surface area contributed by atoms with Crippen LogP contribution in [-0.2, 0) is 12.0 Å². The van der Waals surface area contributed by atoms with Gasteiger partial charge in [-0.15, -0.1) is 0 Å². The van der Waals surface area contributed by atoms with Gasteiger partial charge in [0.15, 0.2) is 0 Å². The predicted octanol–water partition coefficient (Wildman–Crippen LogP) is 1.88. The van der Waals surface area contributed by atoms with E-state index < -0.39 is 5.60 Å². The second kappa shape index (κ2) is 3.96. The van der Waals surface area contributed by atoms with Gasteiger partial charge in [0.25, 0.3) is 0 Å². The number of methoxy groups -OCH3 is 1. The molecule has 0 aliphatic rings. The Labute approximate surface area is 84.7 Å². The molecule has 0 aromatic carbocycles. The maximum atomic E-state index is 9.99. The summed E-state index contributed by atoms with van der Waals surface area (Å²) >= 11 is 0. The minimum atomic E-state index is -0.912. The van der Waals surface area contributed by atoms with Gasteiger partial charge in [-0.3, -0.25) is 4.98 Å². The highest BCUT2D eigenvalue weighted by atomic mass is 16.5. The average molecular weight is 195 g/mol.